The van der Waals surface area contributed by atoms with Gasteiger partial charge in [-0.3, -0.25) is 0 Å². The van der Waals surface area contributed by atoms with Crippen LogP contribution in [0.4, 0.5) is 17.1 Å². The standard InChI is InChI=1S/C58H37NO/c1-2-15-43-37-57-55(36-42(43)14-1)54-24-11-23-53(58(54)60-57)52-19-7-8-25-56(52)59(44-31-26-40(27-32-44)47-20-9-16-38-12-3-5-17-46(38)47)45-33-28-41(29-34-45)49-21-10-22-50-48-18-6-4-13-39(48)30-35-51(49)50/h1-37H. The van der Waals surface area contributed by atoms with E-state index in [-0.39, 0.29) is 0 Å². The lowest BCUT2D eigenvalue weighted by molar-refractivity contribution is 0.670. The first-order valence-corrected chi connectivity index (χ1v) is 20.6. The Morgan fingerprint density at radius 1 is 0.283 bits per heavy atom. The van der Waals surface area contributed by atoms with Crippen molar-refractivity contribution in [3.05, 3.63) is 224 Å². The maximum atomic E-state index is 6.80. The van der Waals surface area contributed by atoms with Crippen molar-refractivity contribution in [1.29, 1.82) is 0 Å². The summed E-state index contributed by atoms with van der Waals surface area (Å²) in [5.74, 6) is 0. The highest BCUT2D eigenvalue weighted by molar-refractivity contribution is 6.15. The van der Waals surface area contributed by atoms with Crippen molar-refractivity contribution in [2.75, 3.05) is 4.90 Å². The maximum absolute atomic E-state index is 6.80. The average molecular weight is 764 g/mol. The Morgan fingerprint density at radius 3 is 1.52 bits per heavy atom. The largest absolute Gasteiger partial charge is 0.455 e. The zero-order valence-electron chi connectivity index (χ0n) is 32.7. The van der Waals surface area contributed by atoms with Gasteiger partial charge in [-0.1, -0.05) is 182 Å². The summed E-state index contributed by atoms with van der Waals surface area (Å²) in [6, 6.07) is 81.2. The minimum absolute atomic E-state index is 0.889. The number of para-hydroxylation sites is 2. The molecule has 12 rings (SSSR count). The first-order valence-electron chi connectivity index (χ1n) is 20.6. The van der Waals surface area contributed by atoms with Gasteiger partial charge in [0.25, 0.3) is 0 Å². The van der Waals surface area contributed by atoms with E-state index in [2.05, 4.69) is 229 Å². The Balaban J connectivity index is 1.02. The predicted molar refractivity (Wildman–Crippen MR) is 255 cm³/mol. The molecule has 12 aromatic rings. The van der Waals surface area contributed by atoms with E-state index in [4.69, 9.17) is 4.42 Å². The maximum Gasteiger partial charge on any atom is 0.143 e. The Kier molecular flexibility index (Phi) is 7.89. The highest BCUT2D eigenvalue weighted by Crippen LogP contribution is 2.46. The zero-order chi connectivity index (χ0) is 39.6. The molecule has 2 heteroatoms. The number of rotatable bonds is 6. The summed E-state index contributed by atoms with van der Waals surface area (Å²) in [7, 11) is 0. The van der Waals surface area contributed by atoms with Gasteiger partial charge in [0.15, 0.2) is 0 Å². The van der Waals surface area contributed by atoms with Gasteiger partial charge in [0.1, 0.15) is 11.2 Å². The fourth-order valence-corrected chi connectivity index (χ4v) is 9.37. The molecule has 280 valence electrons. The molecule has 0 N–H and O–H groups in total. The molecule has 0 fully saturated rings. The van der Waals surface area contributed by atoms with Gasteiger partial charge in [0.2, 0.25) is 0 Å². The Bertz CT molecular complexity index is 3590. The molecule has 0 bridgehead atoms. The first kappa shape index (κ1) is 34.1. The molecule has 0 amide bonds. The lowest BCUT2D eigenvalue weighted by Gasteiger charge is -2.28. The van der Waals surface area contributed by atoms with Crippen molar-refractivity contribution < 1.29 is 4.42 Å². The van der Waals surface area contributed by atoms with Crippen LogP contribution < -0.4 is 4.90 Å². The quantitative estimate of drug-likeness (QED) is 0.157. The fraction of sp³-hybridized carbons (Fsp3) is 0. The van der Waals surface area contributed by atoms with Crippen LogP contribution in [0.5, 0.6) is 0 Å². The summed E-state index contributed by atoms with van der Waals surface area (Å²) in [5.41, 5.74) is 11.9. The van der Waals surface area contributed by atoms with Crippen molar-refractivity contribution in [1.82, 2.24) is 0 Å². The van der Waals surface area contributed by atoms with Crippen LogP contribution in [0, 0.1) is 0 Å². The summed E-state index contributed by atoms with van der Waals surface area (Å²) in [6.07, 6.45) is 0. The number of hydrogen-bond donors (Lipinski definition) is 0. The summed E-state index contributed by atoms with van der Waals surface area (Å²) in [6.45, 7) is 0. The van der Waals surface area contributed by atoms with Crippen molar-refractivity contribution in [3.63, 3.8) is 0 Å². The van der Waals surface area contributed by atoms with E-state index < -0.39 is 0 Å². The molecular weight excluding hydrogens is 727 g/mol. The molecule has 0 unspecified atom stereocenters. The van der Waals surface area contributed by atoms with Crippen molar-refractivity contribution in [3.8, 4) is 33.4 Å². The van der Waals surface area contributed by atoms with Crippen LogP contribution in [0.15, 0.2) is 229 Å². The van der Waals surface area contributed by atoms with Gasteiger partial charge in [0, 0.05) is 33.3 Å². The number of furan rings is 1. The lowest BCUT2D eigenvalue weighted by atomic mass is 9.94. The van der Waals surface area contributed by atoms with Crippen LogP contribution in [0.1, 0.15) is 0 Å². The molecule has 60 heavy (non-hydrogen) atoms. The third-order valence-corrected chi connectivity index (χ3v) is 12.2. The van der Waals surface area contributed by atoms with E-state index >= 15 is 0 Å². The van der Waals surface area contributed by atoms with Crippen LogP contribution in [-0.2, 0) is 0 Å². The molecular formula is C58H37NO. The predicted octanol–water partition coefficient (Wildman–Crippen LogP) is 16.7. The Morgan fingerprint density at radius 2 is 0.783 bits per heavy atom. The second-order valence-electron chi connectivity index (χ2n) is 15.6. The van der Waals surface area contributed by atoms with Gasteiger partial charge in [-0.25, -0.2) is 0 Å². The third-order valence-electron chi connectivity index (χ3n) is 12.2. The van der Waals surface area contributed by atoms with Crippen LogP contribution in [0.3, 0.4) is 0 Å². The lowest BCUT2D eigenvalue weighted by Crippen LogP contribution is -2.11. The summed E-state index contributed by atoms with van der Waals surface area (Å²) in [5, 5.41) is 12.1. The van der Waals surface area contributed by atoms with E-state index in [0.29, 0.717) is 0 Å². The Labute approximate surface area is 347 Å². The minimum Gasteiger partial charge on any atom is -0.455 e. The molecule has 0 saturated carbocycles. The van der Waals surface area contributed by atoms with Gasteiger partial charge in [0.05, 0.1) is 5.69 Å². The molecule has 0 aliphatic rings. The molecule has 0 saturated heterocycles. The van der Waals surface area contributed by atoms with Gasteiger partial charge in [-0.05, 0) is 108 Å². The number of anilines is 3. The van der Waals surface area contributed by atoms with E-state index in [1.807, 2.05) is 0 Å². The van der Waals surface area contributed by atoms with E-state index in [1.165, 1.54) is 65.3 Å². The van der Waals surface area contributed by atoms with Gasteiger partial charge < -0.3 is 9.32 Å². The summed E-state index contributed by atoms with van der Waals surface area (Å²) >= 11 is 0. The van der Waals surface area contributed by atoms with Gasteiger partial charge >= 0.3 is 0 Å². The topological polar surface area (TPSA) is 16.4 Å². The second kappa shape index (κ2) is 13.9. The highest BCUT2D eigenvalue weighted by atomic mass is 16.3. The molecule has 0 aliphatic carbocycles. The van der Waals surface area contributed by atoms with Crippen LogP contribution in [0.25, 0.3) is 98.4 Å². The summed E-state index contributed by atoms with van der Waals surface area (Å²) in [4.78, 5) is 2.39. The van der Waals surface area contributed by atoms with Crippen molar-refractivity contribution in [2.24, 2.45) is 0 Å². The summed E-state index contributed by atoms with van der Waals surface area (Å²) < 4.78 is 6.80. The molecule has 1 aromatic heterocycles. The molecule has 0 aliphatic heterocycles. The van der Waals surface area contributed by atoms with Gasteiger partial charge in [-0.2, -0.15) is 0 Å². The zero-order valence-corrected chi connectivity index (χ0v) is 32.7. The van der Waals surface area contributed by atoms with E-state index in [9.17, 15) is 0 Å². The van der Waals surface area contributed by atoms with Gasteiger partial charge in [-0.15, -0.1) is 0 Å². The minimum atomic E-state index is 0.889. The molecule has 0 radical (unpaired) electrons. The second-order valence-corrected chi connectivity index (χ2v) is 15.6. The van der Waals surface area contributed by atoms with Crippen molar-refractivity contribution in [2.45, 2.75) is 0 Å². The number of hydrogen-bond acceptors (Lipinski definition) is 2. The molecule has 0 spiro atoms. The van der Waals surface area contributed by atoms with Crippen LogP contribution in [0.2, 0.25) is 0 Å². The van der Waals surface area contributed by atoms with Crippen molar-refractivity contribution >= 4 is 82.1 Å². The highest BCUT2D eigenvalue weighted by Gasteiger charge is 2.21. The molecule has 11 aromatic carbocycles. The monoisotopic (exact) mass is 763 g/mol. The fourth-order valence-electron chi connectivity index (χ4n) is 9.37. The Hall–Kier alpha value is -7.94. The van der Waals surface area contributed by atoms with Crippen LogP contribution >= 0.6 is 0 Å². The van der Waals surface area contributed by atoms with E-state index in [0.717, 1.165) is 50.1 Å². The number of fused-ring (bicyclic) bond motifs is 8. The van der Waals surface area contributed by atoms with E-state index in [1.54, 1.807) is 0 Å². The molecule has 1 heterocycles. The number of benzene rings is 11. The molecule has 0 atom stereocenters. The molecule has 2 nitrogen and oxygen atoms in total. The third kappa shape index (κ3) is 5.57. The average Bonchev–Trinajstić information content (AvgIpc) is 3.68. The van der Waals surface area contributed by atoms with Crippen LogP contribution in [-0.4, -0.2) is 0 Å². The first-order chi connectivity index (χ1) is 29.7. The normalized spacial score (nSPS) is 11.7. The smallest absolute Gasteiger partial charge is 0.143 e. The number of nitrogens with zero attached hydrogens (tertiary/aromatic N) is 1. The SMILES string of the molecule is c1ccc(N(c2ccc(-c3cccc4ccccc34)cc2)c2ccc(-c3cccc4c3ccc3ccccc34)cc2)c(-c2cccc3c2oc2cc4ccccc4cc23)c1.